The second-order valence-corrected chi connectivity index (χ2v) is 8.61. The van der Waals surface area contributed by atoms with Crippen LogP contribution in [-0.4, -0.2) is 55.4 Å². The van der Waals surface area contributed by atoms with Crippen LogP contribution in [-0.2, 0) is 12.8 Å². The topological polar surface area (TPSA) is 86.9 Å². The molecule has 0 unspecified atom stereocenters. The number of rotatable bonds is 11. The molecule has 1 aromatic heterocycles. The summed E-state index contributed by atoms with van der Waals surface area (Å²) in [5, 5.41) is 4.49. The molecule has 3 aromatic carbocycles. The molecule has 4 aromatic rings. The van der Waals surface area contributed by atoms with Gasteiger partial charge in [-0.15, -0.1) is 0 Å². The first-order valence-corrected chi connectivity index (χ1v) is 12.1. The van der Waals surface area contributed by atoms with Gasteiger partial charge in [-0.1, -0.05) is 35.0 Å². The van der Waals surface area contributed by atoms with E-state index in [1.54, 1.807) is 50.5 Å². The number of carbonyl (C=O) groups excluding carboxylic acids is 1. The van der Waals surface area contributed by atoms with E-state index in [2.05, 4.69) is 10.1 Å². The fourth-order valence-corrected chi connectivity index (χ4v) is 4.08. The fourth-order valence-electron chi connectivity index (χ4n) is 3.86. The Bertz CT molecular complexity index is 1340. The Labute approximate surface area is 220 Å². The van der Waals surface area contributed by atoms with E-state index in [1.807, 2.05) is 42.5 Å². The predicted molar refractivity (Wildman–Crippen MR) is 141 cm³/mol. The zero-order chi connectivity index (χ0) is 26.2. The molecule has 0 atom stereocenters. The third-order valence-corrected chi connectivity index (χ3v) is 6.25. The molecule has 1 heterocycles. The van der Waals surface area contributed by atoms with Crippen LogP contribution in [0.3, 0.4) is 0 Å². The van der Waals surface area contributed by atoms with E-state index < -0.39 is 0 Å². The van der Waals surface area contributed by atoms with Crippen LogP contribution in [0.4, 0.5) is 0 Å². The smallest absolute Gasteiger partial charge is 0.255 e. The van der Waals surface area contributed by atoms with Gasteiger partial charge in [0.15, 0.2) is 11.5 Å². The van der Waals surface area contributed by atoms with Crippen molar-refractivity contribution in [3.05, 3.63) is 88.8 Å². The second-order valence-electron chi connectivity index (χ2n) is 8.20. The summed E-state index contributed by atoms with van der Waals surface area (Å²) < 4.78 is 21.4. The normalized spacial score (nSPS) is 10.7. The van der Waals surface area contributed by atoms with Gasteiger partial charge >= 0.3 is 0 Å². The van der Waals surface area contributed by atoms with Crippen LogP contribution in [0.1, 0.15) is 21.8 Å². The number of nitrogens with zero attached hydrogens (tertiary/aromatic N) is 3. The first-order valence-electron chi connectivity index (χ1n) is 11.7. The largest absolute Gasteiger partial charge is 0.497 e. The molecule has 0 saturated carbocycles. The van der Waals surface area contributed by atoms with Gasteiger partial charge in [-0.05, 0) is 60.5 Å². The second kappa shape index (κ2) is 12.3. The van der Waals surface area contributed by atoms with Crippen LogP contribution in [0.15, 0.2) is 71.3 Å². The first kappa shape index (κ1) is 26.0. The monoisotopic (exact) mass is 521 g/mol. The summed E-state index contributed by atoms with van der Waals surface area (Å²) >= 11 is 6.34. The number of methoxy groups -OCH3 is 3. The third kappa shape index (κ3) is 6.40. The maximum atomic E-state index is 13.4. The van der Waals surface area contributed by atoms with Gasteiger partial charge in [-0.2, -0.15) is 4.98 Å². The van der Waals surface area contributed by atoms with Gasteiger partial charge in [-0.25, -0.2) is 0 Å². The van der Waals surface area contributed by atoms with Gasteiger partial charge < -0.3 is 23.6 Å². The Morgan fingerprint density at radius 1 is 0.892 bits per heavy atom. The SMILES string of the molecule is COc1ccc(-c2noc(CCN(CCc3ccc(OC)c(OC)c3)C(=O)c3ccccc3Cl)n2)cc1. The molecular formula is C28H28ClN3O5. The van der Waals surface area contributed by atoms with Crippen LogP contribution in [0.5, 0.6) is 17.2 Å². The Balaban J connectivity index is 1.49. The Morgan fingerprint density at radius 2 is 1.62 bits per heavy atom. The van der Waals surface area contributed by atoms with E-state index in [-0.39, 0.29) is 5.91 Å². The van der Waals surface area contributed by atoms with Crippen LogP contribution >= 0.6 is 11.6 Å². The summed E-state index contributed by atoms with van der Waals surface area (Å²) in [4.78, 5) is 19.7. The molecule has 0 aliphatic carbocycles. The Kier molecular flexibility index (Phi) is 8.64. The predicted octanol–water partition coefficient (Wildman–Crippen LogP) is 5.34. The average Bonchev–Trinajstić information content (AvgIpc) is 3.42. The van der Waals surface area contributed by atoms with Crippen LogP contribution < -0.4 is 14.2 Å². The molecule has 1 amide bonds. The maximum absolute atomic E-state index is 13.4. The highest BCUT2D eigenvalue weighted by molar-refractivity contribution is 6.33. The summed E-state index contributed by atoms with van der Waals surface area (Å²) in [6, 6.07) is 20.2. The molecular weight excluding hydrogens is 494 g/mol. The van der Waals surface area contributed by atoms with Gasteiger partial charge in [0.1, 0.15) is 5.75 Å². The standard InChI is InChI=1S/C28H28ClN3O5/c1-34-21-11-9-20(10-12-21)27-30-26(37-31-27)15-17-32(28(33)22-6-4-5-7-23(22)29)16-14-19-8-13-24(35-2)25(18-19)36-3/h4-13,18H,14-17H2,1-3H3. The lowest BCUT2D eigenvalue weighted by molar-refractivity contribution is 0.0756. The number of aromatic nitrogens is 2. The zero-order valence-corrected chi connectivity index (χ0v) is 21.7. The van der Waals surface area contributed by atoms with Gasteiger partial charge in [0.25, 0.3) is 5.91 Å². The molecule has 0 aliphatic rings. The number of halogens is 1. The average molecular weight is 522 g/mol. The highest BCUT2D eigenvalue weighted by Gasteiger charge is 2.20. The van der Waals surface area contributed by atoms with Crippen molar-refractivity contribution < 1.29 is 23.5 Å². The van der Waals surface area contributed by atoms with Crippen molar-refractivity contribution in [1.82, 2.24) is 15.0 Å². The van der Waals surface area contributed by atoms with Crippen molar-refractivity contribution in [3.8, 4) is 28.6 Å². The maximum Gasteiger partial charge on any atom is 0.255 e. The molecule has 192 valence electrons. The summed E-state index contributed by atoms with van der Waals surface area (Å²) in [6.45, 7) is 0.834. The van der Waals surface area contributed by atoms with Crippen LogP contribution in [0.25, 0.3) is 11.4 Å². The van der Waals surface area contributed by atoms with E-state index in [9.17, 15) is 4.79 Å². The van der Waals surface area contributed by atoms with Crippen molar-refractivity contribution in [1.29, 1.82) is 0 Å². The van der Waals surface area contributed by atoms with E-state index >= 15 is 0 Å². The molecule has 0 aliphatic heterocycles. The van der Waals surface area contributed by atoms with Crippen LogP contribution in [0, 0.1) is 0 Å². The summed E-state index contributed by atoms with van der Waals surface area (Å²) in [6.07, 6.45) is 1.00. The van der Waals surface area contributed by atoms with Crippen molar-refractivity contribution in [3.63, 3.8) is 0 Å². The molecule has 9 heteroatoms. The van der Waals surface area contributed by atoms with E-state index in [0.717, 1.165) is 16.9 Å². The lowest BCUT2D eigenvalue weighted by atomic mass is 10.1. The number of ether oxygens (including phenoxy) is 3. The number of hydrogen-bond acceptors (Lipinski definition) is 7. The van der Waals surface area contributed by atoms with E-state index in [1.165, 1.54) is 0 Å². The van der Waals surface area contributed by atoms with Crippen molar-refractivity contribution in [2.75, 3.05) is 34.4 Å². The molecule has 0 saturated heterocycles. The molecule has 0 N–H and O–H groups in total. The quantitative estimate of drug-likeness (QED) is 0.263. The van der Waals surface area contributed by atoms with E-state index in [0.29, 0.717) is 59.7 Å². The molecule has 8 nitrogen and oxygen atoms in total. The number of amides is 1. The summed E-state index contributed by atoms with van der Waals surface area (Å²) in [7, 11) is 4.81. The summed E-state index contributed by atoms with van der Waals surface area (Å²) in [5.74, 6) is 2.79. The molecule has 37 heavy (non-hydrogen) atoms. The van der Waals surface area contributed by atoms with Crippen LogP contribution in [0.2, 0.25) is 5.02 Å². The Hall–Kier alpha value is -4.04. The minimum absolute atomic E-state index is 0.166. The third-order valence-electron chi connectivity index (χ3n) is 5.92. The molecule has 0 fully saturated rings. The van der Waals surface area contributed by atoms with Gasteiger partial charge in [0.2, 0.25) is 11.7 Å². The van der Waals surface area contributed by atoms with Crippen molar-refractivity contribution in [2.24, 2.45) is 0 Å². The molecule has 0 radical (unpaired) electrons. The summed E-state index contributed by atoms with van der Waals surface area (Å²) in [5.41, 5.74) is 2.27. The lowest BCUT2D eigenvalue weighted by Crippen LogP contribution is -2.35. The molecule has 4 rings (SSSR count). The minimum atomic E-state index is -0.166. The zero-order valence-electron chi connectivity index (χ0n) is 20.9. The highest BCUT2D eigenvalue weighted by Crippen LogP contribution is 2.28. The fraction of sp³-hybridized carbons (Fsp3) is 0.250. The Morgan fingerprint density at radius 3 is 2.32 bits per heavy atom. The molecule has 0 bridgehead atoms. The highest BCUT2D eigenvalue weighted by atomic mass is 35.5. The van der Waals surface area contributed by atoms with Crippen molar-refractivity contribution in [2.45, 2.75) is 12.8 Å². The molecule has 0 spiro atoms. The number of carbonyl (C=O) groups is 1. The van der Waals surface area contributed by atoms with Gasteiger partial charge in [0, 0.05) is 25.1 Å². The van der Waals surface area contributed by atoms with Gasteiger partial charge in [-0.3, -0.25) is 4.79 Å². The first-order chi connectivity index (χ1) is 18.0. The van der Waals surface area contributed by atoms with Gasteiger partial charge in [0.05, 0.1) is 31.9 Å². The van der Waals surface area contributed by atoms with E-state index in [4.69, 9.17) is 30.3 Å². The number of benzene rings is 3. The van der Waals surface area contributed by atoms with Crippen molar-refractivity contribution >= 4 is 17.5 Å². The number of hydrogen-bond donors (Lipinski definition) is 0. The minimum Gasteiger partial charge on any atom is -0.497 e. The lowest BCUT2D eigenvalue weighted by Gasteiger charge is -2.23.